The molecule has 0 amide bonds. The van der Waals surface area contributed by atoms with E-state index in [1.165, 1.54) is 12.8 Å². The van der Waals surface area contributed by atoms with Crippen LogP contribution < -0.4 is 5.73 Å². The Hall–Kier alpha value is -1.69. The number of thioether (sulfide) groups is 1. The lowest BCUT2D eigenvalue weighted by Gasteiger charge is -2.17. The van der Waals surface area contributed by atoms with Crippen molar-refractivity contribution in [3.8, 4) is 17.2 Å². The molecule has 19 heavy (non-hydrogen) atoms. The third-order valence-corrected chi connectivity index (χ3v) is 4.56. The standard InChI is InChI=1S/C13H15N3O2S/c14-9-5-4-8(7-10(9)17)13-15-12(16-18-13)11-3-1-2-6-19-11/h4-5,7,11,17H,1-3,6,14H2. The molecule has 1 aromatic heterocycles. The van der Waals surface area contributed by atoms with E-state index in [4.69, 9.17) is 10.3 Å². The summed E-state index contributed by atoms with van der Waals surface area (Å²) in [5.41, 5.74) is 6.59. The van der Waals surface area contributed by atoms with Crippen molar-refractivity contribution in [3.63, 3.8) is 0 Å². The quantitative estimate of drug-likeness (QED) is 0.648. The summed E-state index contributed by atoms with van der Waals surface area (Å²) in [7, 11) is 0. The van der Waals surface area contributed by atoms with Crippen molar-refractivity contribution in [1.29, 1.82) is 0 Å². The van der Waals surface area contributed by atoms with Gasteiger partial charge in [0, 0.05) is 5.56 Å². The third kappa shape index (κ3) is 2.53. The van der Waals surface area contributed by atoms with Gasteiger partial charge in [-0.3, -0.25) is 0 Å². The minimum Gasteiger partial charge on any atom is -0.506 e. The Morgan fingerprint density at radius 3 is 3.00 bits per heavy atom. The van der Waals surface area contributed by atoms with Gasteiger partial charge in [0.05, 0.1) is 10.9 Å². The van der Waals surface area contributed by atoms with Gasteiger partial charge in [0.1, 0.15) is 5.75 Å². The number of hydrogen-bond acceptors (Lipinski definition) is 6. The lowest BCUT2D eigenvalue weighted by atomic mass is 10.1. The molecule has 1 atom stereocenters. The number of nitrogens with two attached hydrogens (primary N) is 1. The number of phenols is 1. The fourth-order valence-corrected chi connectivity index (χ4v) is 3.34. The maximum absolute atomic E-state index is 9.60. The molecule has 0 radical (unpaired) electrons. The number of benzene rings is 1. The fraction of sp³-hybridized carbons (Fsp3) is 0.385. The van der Waals surface area contributed by atoms with Gasteiger partial charge in [0.15, 0.2) is 5.82 Å². The Labute approximate surface area is 115 Å². The minimum atomic E-state index is 0.0318. The topological polar surface area (TPSA) is 85.2 Å². The SMILES string of the molecule is Nc1ccc(-c2nc(C3CCCCS3)no2)cc1O. The summed E-state index contributed by atoms with van der Waals surface area (Å²) in [5.74, 6) is 2.36. The van der Waals surface area contributed by atoms with Crippen LogP contribution in [0.4, 0.5) is 5.69 Å². The lowest BCUT2D eigenvalue weighted by molar-refractivity contribution is 0.419. The molecule has 2 aromatic rings. The van der Waals surface area contributed by atoms with Crippen LogP contribution in [0.5, 0.6) is 5.75 Å². The van der Waals surface area contributed by atoms with Crippen LogP contribution in [0.1, 0.15) is 30.3 Å². The summed E-state index contributed by atoms with van der Waals surface area (Å²) >= 11 is 1.88. The van der Waals surface area contributed by atoms with Crippen LogP contribution in [0, 0.1) is 0 Å². The smallest absolute Gasteiger partial charge is 0.258 e. The highest BCUT2D eigenvalue weighted by Crippen LogP contribution is 2.37. The zero-order valence-corrected chi connectivity index (χ0v) is 11.2. The van der Waals surface area contributed by atoms with Gasteiger partial charge in [0.25, 0.3) is 5.89 Å². The second-order valence-corrected chi connectivity index (χ2v) is 5.90. The van der Waals surface area contributed by atoms with Crippen molar-refractivity contribution in [3.05, 3.63) is 24.0 Å². The van der Waals surface area contributed by atoms with Crippen molar-refractivity contribution in [1.82, 2.24) is 10.1 Å². The summed E-state index contributed by atoms with van der Waals surface area (Å²) < 4.78 is 5.27. The van der Waals surface area contributed by atoms with E-state index >= 15 is 0 Å². The summed E-state index contributed by atoms with van der Waals surface area (Å²) in [5, 5.41) is 14.0. The molecule has 0 saturated carbocycles. The zero-order valence-electron chi connectivity index (χ0n) is 10.4. The van der Waals surface area contributed by atoms with Gasteiger partial charge < -0.3 is 15.4 Å². The van der Waals surface area contributed by atoms with Crippen molar-refractivity contribution in [2.75, 3.05) is 11.5 Å². The molecule has 3 rings (SSSR count). The molecule has 0 aliphatic carbocycles. The molecule has 100 valence electrons. The van der Waals surface area contributed by atoms with Gasteiger partial charge >= 0.3 is 0 Å². The summed E-state index contributed by atoms with van der Waals surface area (Å²) in [6.45, 7) is 0. The first-order valence-electron chi connectivity index (χ1n) is 6.28. The number of hydrogen-bond donors (Lipinski definition) is 2. The highest BCUT2D eigenvalue weighted by molar-refractivity contribution is 7.99. The van der Waals surface area contributed by atoms with Crippen LogP contribution in [0.15, 0.2) is 22.7 Å². The lowest BCUT2D eigenvalue weighted by Crippen LogP contribution is -2.03. The monoisotopic (exact) mass is 277 g/mol. The summed E-state index contributed by atoms with van der Waals surface area (Å²) in [6.07, 6.45) is 3.57. The predicted octanol–water partition coefficient (Wildman–Crippen LogP) is 2.98. The summed E-state index contributed by atoms with van der Waals surface area (Å²) in [6, 6.07) is 4.94. The van der Waals surface area contributed by atoms with Crippen LogP contribution in [0.25, 0.3) is 11.5 Å². The van der Waals surface area contributed by atoms with Crippen molar-refractivity contribution >= 4 is 17.4 Å². The molecule has 1 unspecified atom stereocenters. The first-order chi connectivity index (χ1) is 9.24. The van der Waals surface area contributed by atoms with E-state index in [1.54, 1.807) is 18.2 Å². The Kier molecular flexibility index (Phi) is 3.33. The van der Waals surface area contributed by atoms with Crippen molar-refractivity contribution < 1.29 is 9.63 Å². The van der Waals surface area contributed by atoms with Crippen LogP contribution in [0.2, 0.25) is 0 Å². The maximum Gasteiger partial charge on any atom is 0.258 e. The summed E-state index contributed by atoms with van der Waals surface area (Å²) in [4.78, 5) is 4.42. The second kappa shape index (κ2) is 5.13. The molecule has 6 heteroatoms. The van der Waals surface area contributed by atoms with E-state index in [9.17, 15) is 5.11 Å². The molecule has 1 aromatic carbocycles. The largest absolute Gasteiger partial charge is 0.506 e. The average Bonchev–Trinajstić information content (AvgIpc) is 2.93. The zero-order chi connectivity index (χ0) is 13.2. The average molecular weight is 277 g/mol. The van der Waals surface area contributed by atoms with Gasteiger partial charge in [-0.05, 0) is 36.8 Å². The number of aromatic nitrogens is 2. The molecule has 2 heterocycles. The van der Waals surface area contributed by atoms with Gasteiger partial charge in [0.2, 0.25) is 0 Å². The van der Waals surface area contributed by atoms with E-state index in [-0.39, 0.29) is 5.75 Å². The first kappa shape index (κ1) is 12.3. The van der Waals surface area contributed by atoms with Crippen LogP contribution >= 0.6 is 11.8 Å². The number of aromatic hydroxyl groups is 1. The number of phenolic OH excluding ortho intramolecular Hbond substituents is 1. The highest BCUT2D eigenvalue weighted by Gasteiger charge is 2.22. The second-order valence-electron chi connectivity index (χ2n) is 4.59. The van der Waals surface area contributed by atoms with E-state index in [1.807, 2.05) is 11.8 Å². The molecule has 1 aliphatic rings. The molecule has 5 nitrogen and oxygen atoms in total. The van der Waals surface area contributed by atoms with Crippen LogP contribution in [0.3, 0.4) is 0 Å². The van der Waals surface area contributed by atoms with E-state index in [0.29, 0.717) is 22.4 Å². The molecular weight excluding hydrogens is 262 g/mol. The normalized spacial score (nSPS) is 19.5. The first-order valence-corrected chi connectivity index (χ1v) is 7.33. The third-order valence-electron chi connectivity index (χ3n) is 3.19. The minimum absolute atomic E-state index is 0.0318. The van der Waals surface area contributed by atoms with Crippen molar-refractivity contribution in [2.45, 2.75) is 24.5 Å². The fourth-order valence-electron chi connectivity index (χ4n) is 2.10. The molecule has 3 N–H and O–H groups in total. The molecule has 1 aliphatic heterocycles. The van der Waals surface area contributed by atoms with E-state index in [0.717, 1.165) is 18.0 Å². The van der Waals surface area contributed by atoms with E-state index < -0.39 is 0 Å². The number of nitrogen functional groups attached to an aromatic ring is 1. The van der Waals surface area contributed by atoms with Gasteiger partial charge in [-0.1, -0.05) is 11.6 Å². The molecule has 0 spiro atoms. The number of nitrogens with zero attached hydrogens (tertiary/aromatic N) is 2. The van der Waals surface area contributed by atoms with Crippen molar-refractivity contribution in [2.24, 2.45) is 0 Å². The van der Waals surface area contributed by atoms with Gasteiger partial charge in [-0.2, -0.15) is 16.7 Å². The maximum atomic E-state index is 9.60. The molecule has 1 saturated heterocycles. The predicted molar refractivity (Wildman–Crippen MR) is 74.9 cm³/mol. The Bertz CT molecular complexity index is 579. The Morgan fingerprint density at radius 2 is 2.26 bits per heavy atom. The molecule has 0 bridgehead atoms. The number of rotatable bonds is 2. The Morgan fingerprint density at radius 1 is 1.37 bits per heavy atom. The molecular formula is C13H15N3O2S. The highest BCUT2D eigenvalue weighted by atomic mass is 32.2. The van der Waals surface area contributed by atoms with E-state index in [2.05, 4.69) is 10.1 Å². The van der Waals surface area contributed by atoms with Crippen LogP contribution in [-0.4, -0.2) is 21.0 Å². The van der Waals surface area contributed by atoms with Gasteiger partial charge in [-0.25, -0.2) is 0 Å². The molecule has 1 fully saturated rings. The number of anilines is 1. The van der Waals surface area contributed by atoms with Gasteiger partial charge in [-0.15, -0.1) is 0 Å². The Balaban J connectivity index is 1.85. The van der Waals surface area contributed by atoms with Crippen LogP contribution in [-0.2, 0) is 0 Å².